The van der Waals surface area contributed by atoms with Crippen LogP contribution in [0.4, 0.5) is 5.69 Å². The molecule has 0 amide bonds. The second kappa shape index (κ2) is 5.60. The molecular formula is C14H13BrN4O. The van der Waals surface area contributed by atoms with E-state index >= 15 is 0 Å². The van der Waals surface area contributed by atoms with E-state index in [4.69, 9.17) is 5.11 Å². The zero-order chi connectivity index (χ0) is 13.9. The number of hydrogen-bond donors (Lipinski definition) is 2. The summed E-state index contributed by atoms with van der Waals surface area (Å²) in [5.41, 5.74) is 3.71. The van der Waals surface area contributed by atoms with Crippen LogP contribution in [0.2, 0.25) is 0 Å². The maximum atomic E-state index is 9.13. The number of nitrogens with one attached hydrogen (secondary N) is 1. The SMILES string of the molecule is OCc1cccc(NCc2cnc3cnc(Br)cn23)c1. The molecule has 0 saturated heterocycles. The van der Waals surface area contributed by atoms with Crippen molar-refractivity contribution in [3.63, 3.8) is 0 Å². The number of nitrogens with zero attached hydrogens (tertiary/aromatic N) is 3. The third-order valence-corrected chi connectivity index (χ3v) is 3.43. The minimum atomic E-state index is 0.0454. The van der Waals surface area contributed by atoms with Gasteiger partial charge in [0, 0.05) is 11.9 Å². The molecule has 20 heavy (non-hydrogen) atoms. The number of aliphatic hydroxyl groups excluding tert-OH is 1. The summed E-state index contributed by atoms with van der Waals surface area (Å²) in [5, 5.41) is 12.5. The summed E-state index contributed by atoms with van der Waals surface area (Å²) in [6.45, 7) is 0.691. The smallest absolute Gasteiger partial charge is 0.155 e. The number of imidazole rings is 1. The average Bonchev–Trinajstić information content (AvgIpc) is 2.87. The van der Waals surface area contributed by atoms with Crippen molar-refractivity contribution >= 4 is 27.3 Å². The van der Waals surface area contributed by atoms with Gasteiger partial charge in [0.2, 0.25) is 0 Å². The molecule has 0 unspecified atom stereocenters. The summed E-state index contributed by atoms with van der Waals surface area (Å²) in [5.74, 6) is 0. The Hall–Kier alpha value is -1.92. The van der Waals surface area contributed by atoms with Gasteiger partial charge < -0.3 is 10.4 Å². The lowest BCUT2D eigenvalue weighted by Crippen LogP contribution is -2.03. The van der Waals surface area contributed by atoms with Crippen LogP contribution in [0.1, 0.15) is 11.3 Å². The molecule has 2 N–H and O–H groups in total. The second-order valence-corrected chi connectivity index (χ2v) is 5.21. The van der Waals surface area contributed by atoms with Crippen LogP contribution in [-0.2, 0) is 13.2 Å². The van der Waals surface area contributed by atoms with Gasteiger partial charge in [-0.1, -0.05) is 12.1 Å². The topological polar surface area (TPSA) is 62.5 Å². The fraction of sp³-hybridized carbons (Fsp3) is 0.143. The molecule has 0 aliphatic carbocycles. The Balaban J connectivity index is 1.81. The minimum Gasteiger partial charge on any atom is -0.392 e. The Kier molecular flexibility index (Phi) is 3.66. The van der Waals surface area contributed by atoms with Crippen LogP contribution in [0.3, 0.4) is 0 Å². The molecule has 0 fully saturated rings. The van der Waals surface area contributed by atoms with Crippen LogP contribution in [-0.4, -0.2) is 19.5 Å². The van der Waals surface area contributed by atoms with Gasteiger partial charge in [0.1, 0.15) is 4.60 Å². The number of anilines is 1. The molecule has 0 aliphatic rings. The second-order valence-electron chi connectivity index (χ2n) is 4.40. The maximum absolute atomic E-state index is 9.13. The van der Waals surface area contributed by atoms with Crippen molar-refractivity contribution in [1.29, 1.82) is 0 Å². The fourth-order valence-electron chi connectivity index (χ4n) is 2.02. The highest BCUT2D eigenvalue weighted by Gasteiger charge is 2.04. The van der Waals surface area contributed by atoms with Crippen molar-refractivity contribution in [1.82, 2.24) is 14.4 Å². The van der Waals surface area contributed by atoms with E-state index in [1.54, 1.807) is 6.20 Å². The number of benzene rings is 1. The number of halogens is 1. The van der Waals surface area contributed by atoms with Crippen molar-refractivity contribution in [3.05, 3.63) is 58.7 Å². The molecule has 3 rings (SSSR count). The first-order chi connectivity index (χ1) is 9.76. The summed E-state index contributed by atoms with van der Waals surface area (Å²) in [7, 11) is 0. The monoisotopic (exact) mass is 332 g/mol. The van der Waals surface area contributed by atoms with Crippen LogP contribution in [0.25, 0.3) is 5.65 Å². The van der Waals surface area contributed by atoms with Crippen LogP contribution >= 0.6 is 15.9 Å². The number of rotatable bonds is 4. The molecular weight excluding hydrogens is 320 g/mol. The van der Waals surface area contributed by atoms with Crippen molar-refractivity contribution in [2.75, 3.05) is 5.32 Å². The number of aromatic nitrogens is 3. The Morgan fingerprint density at radius 1 is 1.25 bits per heavy atom. The Morgan fingerprint density at radius 2 is 2.15 bits per heavy atom. The van der Waals surface area contributed by atoms with Gasteiger partial charge in [-0.3, -0.25) is 4.40 Å². The van der Waals surface area contributed by atoms with Crippen molar-refractivity contribution in [3.8, 4) is 0 Å². The van der Waals surface area contributed by atoms with E-state index in [9.17, 15) is 0 Å². The molecule has 0 atom stereocenters. The zero-order valence-electron chi connectivity index (χ0n) is 10.6. The fourth-order valence-corrected chi connectivity index (χ4v) is 2.33. The van der Waals surface area contributed by atoms with Gasteiger partial charge in [0.25, 0.3) is 0 Å². The largest absolute Gasteiger partial charge is 0.392 e. The number of fused-ring (bicyclic) bond motifs is 1. The van der Waals surface area contributed by atoms with Gasteiger partial charge in [0.05, 0.1) is 31.2 Å². The van der Waals surface area contributed by atoms with E-state index in [0.717, 1.165) is 27.2 Å². The summed E-state index contributed by atoms with van der Waals surface area (Å²) in [6.07, 6.45) is 5.44. The lowest BCUT2D eigenvalue weighted by molar-refractivity contribution is 0.282. The first kappa shape index (κ1) is 13.1. The zero-order valence-corrected chi connectivity index (χ0v) is 12.2. The lowest BCUT2D eigenvalue weighted by atomic mass is 10.2. The third kappa shape index (κ3) is 2.66. The quantitative estimate of drug-likeness (QED) is 0.770. The summed E-state index contributed by atoms with van der Waals surface area (Å²) >= 11 is 3.36. The van der Waals surface area contributed by atoms with Gasteiger partial charge in [-0.2, -0.15) is 0 Å². The molecule has 2 heterocycles. The average molecular weight is 333 g/mol. The molecule has 0 spiro atoms. The number of aliphatic hydroxyl groups is 1. The minimum absolute atomic E-state index is 0.0454. The van der Waals surface area contributed by atoms with Crippen LogP contribution in [0, 0.1) is 0 Å². The molecule has 0 radical (unpaired) electrons. The van der Waals surface area contributed by atoms with Gasteiger partial charge in [-0.15, -0.1) is 0 Å². The van der Waals surface area contributed by atoms with Crippen molar-refractivity contribution in [2.24, 2.45) is 0 Å². The first-order valence-corrected chi connectivity index (χ1v) is 6.97. The highest BCUT2D eigenvalue weighted by Crippen LogP contribution is 2.14. The normalized spacial score (nSPS) is 10.9. The maximum Gasteiger partial charge on any atom is 0.155 e. The molecule has 0 aliphatic heterocycles. The standard InChI is InChI=1S/C14H13BrN4O/c15-13-8-19-12(6-18-14(19)7-17-13)5-16-11-3-1-2-10(4-11)9-20/h1-4,6-8,16,20H,5,9H2. The predicted molar refractivity (Wildman–Crippen MR) is 80.4 cm³/mol. The summed E-state index contributed by atoms with van der Waals surface area (Å²) in [4.78, 5) is 8.45. The Labute approximate surface area is 124 Å². The van der Waals surface area contributed by atoms with E-state index in [2.05, 4.69) is 31.2 Å². The molecule has 2 aromatic heterocycles. The molecule has 6 heteroatoms. The Morgan fingerprint density at radius 3 is 3.00 bits per heavy atom. The summed E-state index contributed by atoms with van der Waals surface area (Å²) in [6, 6.07) is 7.71. The van der Waals surface area contributed by atoms with Gasteiger partial charge in [-0.05, 0) is 33.6 Å². The highest BCUT2D eigenvalue weighted by atomic mass is 79.9. The van der Waals surface area contributed by atoms with Crippen molar-refractivity contribution in [2.45, 2.75) is 13.2 Å². The van der Waals surface area contributed by atoms with Gasteiger partial charge >= 0.3 is 0 Å². The summed E-state index contributed by atoms with van der Waals surface area (Å²) < 4.78 is 2.76. The van der Waals surface area contributed by atoms with Crippen molar-refractivity contribution < 1.29 is 5.11 Å². The van der Waals surface area contributed by atoms with E-state index in [1.807, 2.05) is 41.1 Å². The molecule has 0 bridgehead atoms. The molecule has 0 saturated carbocycles. The van der Waals surface area contributed by atoms with E-state index in [1.165, 1.54) is 0 Å². The predicted octanol–water partition coefficient (Wildman–Crippen LogP) is 2.60. The molecule has 3 aromatic rings. The molecule has 1 aromatic carbocycles. The molecule has 5 nitrogen and oxygen atoms in total. The third-order valence-electron chi connectivity index (χ3n) is 3.02. The van der Waals surface area contributed by atoms with Gasteiger partial charge in [-0.25, -0.2) is 9.97 Å². The number of hydrogen-bond acceptors (Lipinski definition) is 4. The molecule has 102 valence electrons. The Bertz CT molecular complexity index is 741. The van der Waals surface area contributed by atoms with Crippen LogP contribution in [0.5, 0.6) is 0 Å². The first-order valence-electron chi connectivity index (χ1n) is 6.17. The lowest BCUT2D eigenvalue weighted by Gasteiger charge is -2.07. The van der Waals surface area contributed by atoms with E-state index in [-0.39, 0.29) is 6.61 Å². The van der Waals surface area contributed by atoms with Crippen LogP contribution < -0.4 is 5.32 Å². The highest BCUT2D eigenvalue weighted by molar-refractivity contribution is 9.10. The van der Waals surface area contributed by atoms with Gasteiger partial charge in [0.15, 0.2) is 5.65 Å². The van der Waals surface area contributed by atoms with E-state index < -0.39 is 0 Å². The van der Waals surface area contributed by atoms with E-state index in [0.29, 0.717) is 6.54 Å². The van der Waals surface area contributed by atoms with Crippen LogP contribution in [0.15, 0.2) is 47.5 Å².